The quantitative estimate of drug-likeness (QED) is 0.395. The zero-order chi connectivity index (χ0) is 10.5. The first-order valence-corrected chi connectivity index (χ1v) is 6.68. The molecule has 0 bridgehead atoms. The van der Waals surface area contributed by atoms with Crippen molar-refractivity contribution in [2.75, 3.05) is 41.0 Å². The maximum Gasteiger partial charge on any atom is 0.230 e. The molecule has 0 saturated carbocycles. The molecule has 0 aliphatic carbocycles. The Kier molecular flexibility index (Phi) is 6.18. The SMILES string of the molecule is CCOSC(C[N+](C)(C)C)=[P+](C)[O-]. The van der Waals surface area contributed by atoms with E-state index in [0.29, 0.717) is 6.61 Å². The fraction of sp³-hybridized carbons (Fsp3) is 0.875. The summed E-state index contributed by atoms with van der Waals surface area (Å²) < 4.78 is 6.91. The average Bonchev–Trinajstić information content (AvgIpc) is 1.95. The van der Waals surface area contributed by atoms with Gasteiger partial charge in [0.1, 0.15) is 0 Å². The summed E-state index contributed by atoms with van der Waals surface area (Å²) in [6, 6.07) is 0. The minimum absolute atomic E-state index is 0.647. The van der Waals surface area contributed by atoms with Crippen molar-refractivity contribution in [3.05, 3.63) is 0 Å². The van der Waals surface area contributed by atoms with Crippen LogP contribution in [0.5, 0.6) is 0 Å². The molecule has 0 amide bonds. The van der Waals surface area contributed by atoms with E-state index in [1.807, 2.05) is 6.92 Å². The number of hydrogen-bond acceptors (Lipinski definition) is 3. The van der Waals surface area contributed by atoms with Gasteiger partial charge in [0.05, 0.1) is 54.2 Å². The van der Waals surface area contributed by atoms with E-state index in [-0.39, 0.29) is 0 Å². The van der Waals surface area contributed by atoms with Crippen molar-refractivity contribution in [2.24, 2.45) is 0 Å². The maximum absolute atomic E-state index is 11.3. The zero-order valence-corrected chi connectivity index (χ0v) is 10.7. The highest BCUT2D eigenvalue weighted by atomic mass is 32.2. The molecule has 78 valence electrons. The molecule has 13 heavy (non-hydrogen) atoms. The molecule has 0 aromatic rings. The Hall–Kier alpha value is 0.400. The first kappa shape index (κ1) is 13.4. The lowest BCUT2D eigenvalue weighted by atomic mass is 10.6. The molecule has 0 heterocycles. The Bertz CT molecular complexity index is 185. The monoisotopic (exact) mass is 224 g/mol. The van der Waals surface area contributed by atoms with Gasteiger partial charge < -0.3 is 13.6 Å². The van der Waals surface area contributed by atoms with Gasteiger partial charge in [0.25, 0.3) is 0 Å². The highest BCUT2D eigenvalue weighted by Crippen LogP contribution is 2.20. The second-order valence-electron chi connectivity index (χ2n) is 3.83. The van der Waals surface area contributed by atoms with Crippen LogP contribution in [0.4, 0.5) is 0 Å². The minimum atomic E-state index is -1.25. The lowest BCUT2D eigenvalue weighted by Crippen LogP contribution is -2.38. The predicted octanol–water partition coefficient (Wildman–Crippen LogP) is 0.894. The summed E-state index contributed by atoms with van der Waals surface area (Å²) >= 11 is 1.27. The molecule has 0 aromatic heterocycles. The Labute approximate surface area is 86.3 Å². The predicted molar refractivity (Wildman–Crippen MR) is 60.0 cm³/mol. The van der Waals surface area contributed by atoms with E-state index in [4.69, 9.17) is 4.18 Å². The van der Waals surface area contributed by atoms with Crippen LogP contribution >= 0.6 is 19.8 Å². The first-order chi connectivity index (χ1) is 5.87. The molecular formula is C8H19NO2PS+. The zero-order valence-electron chi connectivity index (χ0n) is 9.03. The van der Waals surface area contributed by atoms with Crippen LogP contribution in [-0.2, 0) is 4.18 Å². The van der Waals surface area contributed by atoms with Gasteiger partial charge in [-0.05, 0) is 6.92 Å². The summed E-state index contributed by atoms with van der Waals surface area (Å²) in [5.74, 6) is 0. The average molecular weight is 224 g/mol. The minimum Gasteiger partial charge on any atom is -0.630 e. The molecule has 0 fully saturated rings. The molecule has 5 heteroatoms. The molecule has 0 aliphatic rings. The third-order valence-electron chi connectivity index (χ3n) is 1.23. The van der Waals surface area contributed by atoms with Gasteiger partial charge in [-0.1, -0.05) is 0 Å². The van der Waals surface area contributed by atoms with Gasteiger partial charge in [0.15, 0.2) is 6.54 Å². The van der Waals surface area contributed by atoms with Gasteiger partial charge in [-0.2, -0.15) is 0 Å². The van der Waals surface area contributed by atoms with E-state index in [1.165, 1.54) is 12.0 Å². The Morgan fingerprint density at radius 3 is 2.31 bits per heavy atom. The molecule has 0 spiro atoms. The highest BCUT2D eigenvalue weighted by Gasteiger charge is 2.18. The van der Waals surface area contributed by atoms with E-state index < -0.39 is 7.77 Å². The van der Waals surface area contributed by atoms with E-state index in [1.54, 1.807) is 6.66 Å². The molecule has 0 saturated heterocycles. The lowest BCUT2D eigenvalue weighted by molar-refractivity contribution is -0.860. The van der Waals surface area contributed by atoms with E-state index in [9.17, 15) is 4.89 Å². The molecule has 0 rings (SSSR count). The van der Waals surface area contributed by atoms with Crippen molar-refractivity contribution in [2.45, 2.75) is 6.92 Å². The summed E-state index contributed by atoms with van der Waals surface area (Å²) in [6.07, 6.45) is 0. The Balaban J connectivity index is 4.22. The molecule has 0 N–H and O–H groups in total. The van der Waals surface area contributed by atoms with E-state index in [0.717, 1.165) is 15.7 Å². The number of hydrogen-bond donors (Lipinski definition) is 0. The molecule has 0 aromatic carbocycles. The topological polar surface area (TPSA) is 32.3 Å². The number of rotatable bonds is 5. The molecule has 1 atom stereocenters. The number of nitrogens with zero attached hydrogens (tertiary/aromatic N) is 1. The molecule has 0 radical (unpaired) electrons. The van der Waals surface area contributed by atoms with Crippen LogP contribution in [-0.4, -0.2) is 50.1 Å². The number of quaternary nitrogens is 1. The fourth-order valence-corrected chi connectivity index (χ4v) is 2.61. The van der Waals surface area contributed by atoms with Gasteiger partial charge in [0.2, 0.25) is 4.63 Å². The third kappa shape index (κ3) is 7.47. The van der Waals surface area contributed by atoms with Crippen LogP contribution in [0.25, 0.3) is 0 Å². The van der Waals surface area contributed by atoms with Crippen molar-refractivity contribution >= 4 is 24.4 Å². The summed E-state index contributed by atoms with van der Waals surface area (Å²) in [5.41, 5.74) is 0. The van der Waals surface area contributed by atoms with Crippen LogP contribution in [0, 0.1) is 0 Å². The van der Waals surface area contributed by atoms with Gasteiger partial charge >= 0.3 is 0 Å². The van der Waals surface area contributed by atoms with Crippen LogP contribution in [0.1, 0.15) is 6.92 Å². The summed E-state index contributed by atoms with van der Waals surface area (Å²) in [6.45, 7) is 5.09. The van der Waals surface area contributed by atoms with Crippen molar-refractivity contribution in [3.8, 4) is 0 Å². The van der Waals surface area contributed by atoms with Crippen LogP contribution < -0.4 is 4.89 Å². The van der Waals surface area contributed by atoms with Gasteiger partial charge in [-0.15, -0.1) is 0 Å². The van der Waals surface area contributed by atoms with Gasteiger partial charge in [-0.25, -0.2) is 0 Å². The van der Waals surface area contributed by atoms with Crippen LogP contribution in [0.15, 0.2) is 0 Å². The molecule has 0 aliphatic heterocycles. The van der Waals surface area contributed by atoms with Crippen LogP contribution in [0.2, 0.25) is 0 Å². The van der Waals surface area contributed by atoms with Crippen molar-refractivity contribution < 1.29 is 13.6 Å². The largest absolute Gasteiger partial charge is 0.630 e. The summed E-state index contributed by atoms with van der Waals surface area (Å²) in [4.78, 5) is 11.3. The second kappa shape index (κ2) is 5.99. The Morgan fingerprint density at radius 2 is 2.00 bits per heavy atom. The Morgan fingerprint density at radius 1 is 1.46 bits per heavy atom. The smallest absolute Gasteiger partial charge is 0.230 e. The highest BCUT2D eigenvalue weighted by molar-refractivity contribution is 8.15. The van der Waals surface area contributed by atoms with E-state index in [2.05, 4.69) is 21.1 Å². The second-order valence-corrected chi connectivity index (χ2v) is 6.56. The van der Waals surface area contributed by atoms with Gasteiger partial charge in [-0.3, -0.25) is 0 Å². The van der Waals surface area contributed by atoms with E-state index >= 15 is 0 Å². The fourth-order valence-electron chi connectivity index (χ4n) is 0.711. The van der Waals surface area contributed by atoms with Crippen molar-refractivity contribution in [1.82, 2.24) is 0 Å². The van der Waals surface area contributed by atoms with Gasteiger partial charge in [0, 0.05) is 0 Å². The van der Waals surface area contributed by atoms with Crippen molar-refractivity contribution in [1.29, 1.82) is 0 Å². The first-order valence-electron chi connectivity index (χ1n) is 4.23. The maximum atomic E-state index is 11.3. The van der Waals surface area contributed by atoms with Crippen molar-refractivity contribution in [3.63, 3.8) is 0 Å². The lowest BCUT2D eigenvalue weighted by Gasteiger charge is -2.23. The molecule has 3 nitrogen and oxygen atoms in total. The molecular weight excluding hydrogens is 205 g/mol. The summed E-state index contributed by atoms with van der Waals surface area (Å²) in [7, 11) is 4.97. The molecule has 1 unspecified atom stereocenters. The van der Waals surface area contributed by atoms with Crippen LogP contribution in [0.3, 0.4) is 0 Å². The summed E-state index contributed by atoms with van der Waals surface area (Å²) in [5, 5.41) is 0. The third-order valence-corrected chi connectivity index (χ3v) is 3.75. The normalized spacial score (nSPS) is 14.3. The standard InChI is InChI=1S/C8H19NO2PS/c1-6-11-13-8(12(5)10)7-9(2,3)4/h6-7H2,1-5H3/q+1.